The summed E-state index contributed by atoms with van der Waals surface area (Å²) in [6, 6.07) is 12.2. The van der Waals surface area contributed by atoms with Crippen molar-refractivity contribution in [1.29, 1.82) is 0 Å². The van der Waals surface area contributed by atoms with E-state index in [0.29, 0.717) is 18.8 Å². The van der Waals surface area contributed by atoms with Crippen LogP contribution in [0.1, 0.15) is 68.9 Å². The number of amides is 3. The number of hydrogen-bond donors (Lipinski definition) is 2. The summed E-state index contributed by atoms with van der Waals surface area (Å²) in [5.41, 5.74) is 1.85. The molecule has 43 heavy (non-hydrogen) atoms. The van der Waals surface area contributed by atoms with Crippen LogP contribution in [0.2, 0.25) is 0 Å². The molecule has 2 aromatic rings. The molecule has 1 aliphatic heterocycles. The molecule has 11 nitrogen and oxygen atoms in total. The molecule has 2 heterocycles. The molecule has 1 aromatic heterocycles. The maximum atomic E-state index is 13.7. The van der Waals surface area contributed by atoms with Crippen LogP contribution in [-0.4, -0.2) is 94.8 Å². The van der Waals surface area contributed by atoms with Gasteiger partial charge in [-0.25, -0.2) is 9.78 Å². The number of aromatic nitrogens is 1. The predicted octanol–water partition coefficient (Wildman–Crippen LogP) is 3.37. The van der Waals surface area contributed by atoms with Gasteiger partial charge in [-0.05, 0) is 70.1 Å². The van der Waals surface area contributed by atoms with Crippen LogP contribution in [0.4, 0.5) is 4.79 Å². The van der Waals surface area contributed by atoms with Crippen LogP contribution in [0, 0.1) is 5.92 Å². The lowest BCUT2D eigenvalue weighted by atomic mass is 10.0. The van der Waals surface area contributed by atoms with Gasteiger partial charge in [0, 0.05) is 44.8 Å². The number of rotatable bonds is 10. The summed E-state index contributed by atoms with van der Waals surface area (Å²) < 4.78 is 10.5. The molecule has 3 unspecified atom stereocenters. The summed E-state index contributed by atoms with van der Waals surface area (Å²) >= 11 is 0. The average molecular weight is 595 g/mol. The van der Waals surface area contributed by atoms with Crippen molar-refractivity contribution in [1.82, 2.24) is 20.1 Å². The van der Waals surface area contributed by atoms with Crippen LogP contribution in [0.25, 0.3) is 11.3 Å². The normalized spacial score (nSPS) is 18.9. The third kappa shape index (κ3) is 8.76. The van der Waals surface area contributed by atoms with Crippen LogP contribution >= 0.6 is 0 Å². The van der Waals surface area contributed by atoms with Crippen LogP contribution in [0.3, 0.4) is 0 Å². The van der Waals surface area contributed by atoms with Crippen molar-refractivity contribution in [3.63, 3.8) is 0 Å². The number of nitrogens with one attached hydrogen (secondary N) is 1. The number of hydrogen-bond acceptors (Lipinski definition) is 8. The molecule has 1 saturated carbocycles. The fourth-order valence-electron chi connectivity index (χ4n) is 5.19. The van der Waals surface area contributed by atoms with E-state index in [0.717, 1.165) is 17.5 Å². The van der Waals surface area contributed by atoms with E-state index in [1.54, 1.807) is 43.6 Å². The van der Waals surface area contributed by atoms with Gasteiger partial charge in [-0.1, -0.05) is 30.3 Å². The summed E-state index contributed by atoms with van der Waals surface area (Å²) in [7, 11) is 0. The van der Waals surface area contributed by atoms with Gasteiger partial charge in [-0.15, -0.1) is 0 Å². The van der Waals surface area contributed by atoms with Crippen molar-refractivity contribution >= 4 is 23.9 Å². The third-order valence-corrected chi connectivity index (χ3v) is 7.51. The molecule has 1 saturated heterocycles. The molecular weight excluding hydrogens is 552 g/mol. The highest BCUT2D eigenvalue weighted by molar-refractivity contribution is 5.97. The predicted molar refractivity (Wildman–Crippen MR) is 159 cm³/mol. The van der Waals surface area contributed by atoms with E-state index in [2.05, 4.69) is 10.3 Å². The average Bonchev–Trinajstić information content (AvgIpc) is 3.79. The molecule has 0 radical (unpaired) electrons. The van der Waals surface area contributed by atoms with Crippen molar-refractivity contribution < 1.29 is 33.8 Å². The molecule has 4 rings (SSSR count). The van der Waals surface area contributed by atoms with E-state index in [1.807, 2.05) is 36.4 Å². The number of piperazine rings is 1. The largest absolute Gasteiger partial charge is 0.460 e. The molecule has 2 N–H and O–H groups in total. The zero-order valence-corrected chi connectivity index (χ0v) is 25.4. The Hall–Kier alpha value is -3.99. The SMILES string of the molecule is CCOC(=O)N1CCN(C(=O)C(CCC(=O)OC(C)(C)C)NC(=O)c2cc(C3CC3CO)cc(-c3ccccc3)n2)CC1. The van der Waals surface area contributed by atoms with Crippen molar-refractivity contribution in [2.45, 2.75) is 64.5 Å². The Balaban J connectivity index is 1.54. The van der Waals surface area contributed by atoms with Crippen LogP contribution in [0.15, 0.2) is 42.5 Å². The standard InChI is InChI=1S/C32H42N4O7/c1-5-42-31(41)36-15-13-35(14-16-36)30(40)25(11-12-28(38)43-32(2,3)4)34-29(39)27-19-22(24-17-23(24)20-37)18-26(33-27)21-9-7-6-8-10-21/h6-10,18-19,23-25,37H,5,11-17,20H2,1-4H3,(H,34,39). The quantitative estimate of drug-likeness (QED) is 0.400. The van der Waals surface area contributed by atoms with Gasteiger partial charge in [0.25, 0.3) is 5.91 Å². The first kappa shape index (κ1) is 31.9. The highest BCUT2D eigenvalue weighted by atomic mass is 16.6. The third-order valence-electron chi connectivity index (χ3n) is 7.51. The first-order valence-electron chi connectivity index (χ1n) is 14.9. The molecule has 2 aliphatic rings. The molecule has 3 amide bonds. The zero-order chi connectivity index (χ0) is 31.1. The van der Waals surface area contributed by atoms with E-state index in [-0.39, 0.29) is 62.6 Å². The highest BCUT2D eigenvalue weighted by Gasteiger charge is 2.38. The first-order chi connectivity index (χ1) is 20.5. The van der Waals surface area contributed by atoms with E-state index in [1.165, 1.54) is 0 Å². The number of carbonyl (C=O) groups is 4. The molecule has 1 aromatic carbocycles. The minimum absolute atomic E-state index is 0.0397. The molecule has 0 spiro atoms. The molecule has 3 atom stereocenters. The van der Waals surface area contributed by atoms with E-state index in [4.69, 9.17) is 9.47 Å². The summed E-state index contributed by atoms with van der Waals surface area (Å²) in [5.74, 6) is -1.09. The lowest BCUT2D eigenvalue weighted by Gasteiger charge is -2.36. The van der Waals surface area contributed by atoms with Gasteiger partial charge in [0.15, 0.2) is 0 Å². The highest BCUT2D eigenvalue weighted by Crippen LogP contribution is 2.47. The van der Waals surface area contributed by atoms with Crippen molar-refractivity contribution in [3.05, 3.63) is 53.7 Å². The van der Waals surface area contributed by atoms with Crippen molar-refractivity contribution in [3.8, 4) is 11.3 Å². The fraction of sp³-hybridized carbons (Fsp3) is 0.531. The van der Waals surface area contributed by atoms with Crippen LogP contribution in [0.5, 0.6) is 0 Å². The lowest BCUT2D eigenvalue weighted by Crippen LogP contribution is -2.56. The molecule has 2 fully saturated rings. The Labute approximate surface area is 252 Å². The Kier molecular flexibility index (Phi) is 10.4. The zero-order valence-electron chi connectivity index (χ0n) is 25.4. The number of pyridine rings is 1. The maximum Gasteiger partial charge on any atom is 0.409 e. The van der Waals surface area contributed by atoms with Gasteiger partial charge >= 0.3 is 12.1 Å². The van der Waals surface area contributed by atoms with Gasteiger partial charge in [0.05, 0.1) is 12.3 Å². The Morgan fingerprint density at radius 1 is 1.05 bits per heavy atom. The molecule has 232 valence electrons. The van der Waals surface area contributed by atoms with Crippen molar-refractivity contribution in [2.24, 2.45) is 5.92 Å². The monoisotopic (exact) mass is 594 g/mol. The molecule has 1 aliphatic carbocycles. The van der Waals surface area contributed by atoms with E-state index >= 15 is 0 Å². The Bertz CT molecular complexity index is 1300. The lowest BCUT2D eigenvalue weighted by molar-refractivity contribution is -0.155. The summed E-state index contributed by atoms with van der Waals surface area (Å²) in [5, 5.41) is 12.5. The number of aliphatic hydroxyl groups excluding tert-OH is 1. The number of benzene rings is 1. The van der Waals surface area contributed by atoms with Gasteiger partial charge in [0.1, 0.15) is 17.3 Å². The van der Waals surface area contributed by atoms with E-state index < -0.39 is 29.6 Å². The first-order valence-corrected chi connectivity index (χ1v) is 14.9. The van der Waals surface area contributed by atoms with Gasteiger partial charge in [-0.3, -0.25) is 14.4 Å². The second-order valence-electron chi connectivity index (χ2n) is 12.0. The number of aliphatic hydroxyl groups is 1. The molecule has 0 bridgehead atoms. The molecular formula is C32H42N4O7. The van der Waals surface area contributed by atoms with Crippen LogP contribution < -0.4 is 5.32 Å². The summed E-state index contributed by atoms with van der Waals surface area (Å²) in [4.78, 5) is 59.8. The number of ether oxygens (including phenoxy) is 2. The Morgan fingerprint density at radius 2 is 1.72 bits per heavy atom. The summed E-state index contributed by atoms with van der Waals surface area (Å²) in [6.45, 7) is 8.51. The fourth-order valence-corrected chi connectivity index (χ4v) is 5.19. The second-order valence-corrected chi connectivity index (χ2v) is 12.0. The second kappa shape index (κ2) is 14.0. The van der Waals surface area contributed by atoms with Gasteiger partial charge in [0.2, 0.25) is 5.91 Å². The number of carbonyl (C=O) groups excluding carboxylic acids is 4. The topological polar surface area (TPSA) is 138 Å². The minimum Gasteiger partial charge on any atom is -0.460 e. The van der Waals surface area contributed by atoms with Crippen LogP contribution in [-0.2, 0) is 19.1 Å². The van der Waals surface area contributed by atoms with Crippen molar-refractivity contribution in [2.75, 3.05) is 39.4 Å². The maximum absolute atomic E-state index is 13.7. The number of esters is 1. The Morgan fingerprint density at radius 3 is 2.33 bits per heavy atom. The smallest absolute Gasteiger partial charge is 0.409 e. The van der Waals surface area contributed by atoms with E-state index in [9.17, 15) is 24.3 Å². The minimum atomic E-state index is -1.01. The summed E-state index contributed by atoms with van der Waals surface area (Å²) in [6.07, 6.45) is 0.367. The molecule has 11 heteroatoms. The van der Waals surface area contributed by atoms with Gasteiger partial charge < -0.3 is 29.7 Å². The van der Waals surface area contributed by atoms with Gasteiger partial charge in [-0.2, -0.15) is 0 Å². The number of nitrogens with zero attached hydrogens (tertiary/aromatic N) is 3.